The van der Waals surface area contributed by atoms with Crippen molar-refractivity contribution in [3.8, 4) is 5.75 Å². The highest BCUT2D eigenvalue weighted by Gasteiger charge is 2.26. The molecule has 0 bridgehead atoms. The molecule has 5 heteroatoms. The van der Waals surface area contributed by atoms with Crippen LogP contribution in [0.2, 0.25) is 0 Å². The molecule has 0 aromatic heterocycles. The van der Waals surface area contributed by atoms with Crippen LogP contribution in [-0.4, -0.2) is 28.2 Å². The molecule has 0 heterocycles. The van der Waals surface area contributed by atoms with Crippen LogP contribution in [-0.2, 0) is 5.72 Å². The Bertz CT molecular complexity index is 349. The number of hydrogen-bond donors (Lipinski definition) is 4. The van der Waals surface area contributed by atoms with Gasteiger partial charge in [0.2, 0.25) is 0 Å². The molecule has 14 heavy (non-hydrogen) atoms. The van der Waals surface area contributed by atoms with Crippen molar-refractivity contribution in [1.29, 1.82) is 0 Å². The summed E-state index contributed by atoms with van der Waals surface area (Å²) in [6.45, 7) is -0.747. The Hall–Kier alpha value is -1.43. The van der Waals surface area contributed by atoms with Gasteiger partial charge in [0.05, 0.1) is 6.61 Å². The van der Waals surface area contributed by atoms with Gasteiger partial charge in [0.1, 0.15) is 12.0 Å². The second kappa shape index (κ2) is 3.75. The summed E-state index contributed by atoms with van der Waals surface area (Å²) >= 11 is 0. The van der Waals surface area contributed by atoms with Crippen LogP contribution in [0.5, 0.6) is 5.75 Å². The molecule has 0 spiro atoms. The minimum atomic E-state index is -2.04. The Morgan fingerprint density at radius 1 is 1.50 bits per heavy atom. The fraction of sp³-hybridized carbons (Fsp3) is 0.222. The lowest BCUT2D eigenvalue weighted by atomic mass is 10.0. The van der Waals surface area contributed by atoms with Gasteiger partial charge >= 0.3 is 0 Å². The van der Waals surface area contributed by atoms with E-state index in [0.717, 1.165) is 0 Å². The average Bonchev–Trinajstić information content (AvgIpc) is 2.18. The van der Waals surface area contributed by atoms with E-state index in [9.17, 15) is 15.0 Å². The van der Waals surface area contributed by atoms with E-state index in [1.54, 1.807) is 0 Å². The number of carbonyl (C=O) groups excluding carboxylic acids is 1. The van der Waals surface area contributed by atoms with Crippen molar-refractivity contribution >= 4 is 6.29 Å². The van der Waals surface area contributed by atoms with Crippen molar-refractivity contribution in [2.45, 2.75) is 5.72 Å². The molecule has 5 N–H and O–H groups in total. The maximum absolute atomic E-state index is 10.4. The standard InChI is InChI=1S/C9H11NO4/c10-9(14,5-12)7-3-6(4-11)1-2-8(7)13/h1-4,12-14H,5,10H2. The molecular weight excluding hydrogens is 186 g/mol. The van der Waals surface area contributed by atoms with Crippen LogP contribution in [0.15, 0.2) is 18.2 Å². The van der Waals surface area contributed by atoms with E-state index in [0.29, 0.717) is 6.29 Å². The van der Waals surface area contributed by atoms with Crippen LogP contribution >= 0.6 is 0 Å². The Balaban J connectivity index is 3.25. The first-order valence-corrected chi connectivity index (χ1v) is 3.92. The zero-order chi connectivity index (χ0) is 10.8. The molecule has 0 saturated carbocycles. The molecular formula is C9H11NO4. The lowest BCUT2D eigenvalue weighted by molar-refractivity contribution is -0.0152. The summed E-state index contributed by atoms with van der Waals surface area (Å²) in [4.78, 5) is 10.4. The predicted octanol–water partition coefficient (Wildman–Crippen LogP) is -0.699. The van der Waals surface area contributed by atoms with Gasteiger partial charge in [-0.15, -0.1) is 0 Å². The minimum Gasteiger partial charge on any atom is -0.508 e. The summed E-state index contributed by atoms with van der Waals surface area (Å²) in [6, 6.07) is 3.82. The zero-order valence-electron chi connectivity index (χ0n) is 7.34. The van der Waals surface area contributed by atoms with Crippen LogP contribution < -0.4 is 5.73 Å². The van der Waals surface area contributed by atoms with Crippen molar-refractivity contribution in [3.05, 3.63) is 29.3 Å². The third kappa shape index (κ3) is 1.90. The molecule has 0 aliphatic heterocycles. The normalized spacial score (nSPS) is 14.8. The molecule has 5 nitrogen and oxygen atoms in total. The van der Waals surface area contributed by atoms with Crippen LogP contribution in [0.3, 0.4) is 0 Å². The van der Waals surface area contributed by atoms with E-state index in [1.165, 1.54) is 18.2 Å². The van der Waals surface area contributed by atoms with E-state index in [-0.39, 0.29) is 16.9 Å². The van der Waals surface area contributed by atoms with Crippen molar-refractivity contribution in [1.82, 2.24) is 0 Å². The maximum atomic E-state index is 10.4. The lowest BCUT2D eigenvalue weighted by Gasteiger charge is -2.21. The fourth-order valence-corrected chi connectivity index (χ4v) is 1.06. The molecule has 1 unspecified atom stereocenters. The topological polar surface area (TPSA) is 104 Å². The molecule has 0 fully saturated rings. The summed E-state index contributed by atoms with van der Waals surface area (Å²) < 4.78 is 0. The number of phenolic OH excluding ortho intramolecular Hbond substituents is 1. The second-order valence-corrected chi connectivity index (χ2v) is 2.98. The van der Waals surface area contributed by atoms with Gasteiger partial charge in [-0.2, -0.15) is 0 Å². The minimum absolute atomic E-state index is 0.0791. The Morgan fingerprint density at radius 2 is 2.14 bits per heavy atom. The maximum Gasteiger partial charge on any atom is 0.166 e. The van der Waals surface area contributed by atoms with Gasteiger partial charge in [-0.05, 0) is 18.2 Å². The van der Waals surface area contributed by atoms with E-state index in [2.05, 4.69) is 0 Å². The van der Waals surface area contributed by atoms with Gasteiger partial charge < -0.3 is 15.3 Å². The van der Waals surface area contributed by atoms with Crippen molar-refractivity contribution in [3.63, 3.8) is 0 Å². The third-order valence-electron chi connectivity index (χ3n) is 1.86. The monoisotopic (exact) mass is 197 g/mol. The molecule has 1 aromatic carbocycles. The predicted molar refractivity (Wildman–Crippen MR) is 48.7 cm³/mol. The quantitative estimate of drug-likeness (QED) is 0.379. The van der Waals surface area contributed by atoms with Crippen LogP contribution in [0.4, 0.5) is 0 Å². The summed E-state index contributed by atoms with van der Waals surface area (Å²) in [7, 11) is 0. The molecule has 0 amide bonds. The van der Waals surface area contributed by atoms with Crippen LogP contribution in [0.1, 0.15) is 15.9 Å². The van der Waals surface area contributed by atoms with E-state index in [4.69, 9.17) is 10.8 Å². The molecule has 1 aromatic rings. The summed E-state index contributed by atoms with van der Waals surface area (Å²) in [5.41, 5.74) is 3.43. The number of benzene rings is 1. The molecule has 0 aliphatic carbocycles. The first-order valence-electron chi connectivity index (χ1n) is 3.92. The number of hydrogen-bond acceptors (Lipinski definition) is 5. The van der Waals surface area contributed by atoms with E-state index < -0.39 is 12.3 Å². The van der Waals surface area contributed by atoms with Gasteiger partial charge in [0, 0.05) is 11.1 Å². The zero-order valence-corrected chi connectivity index (χ0v) is 7.34. The third-order valence-corrected chi connectivity index (χ3v) is 1.86. The molecule has 1 atom stereocenters. The second-order valence-electron chi connectivity index (χ2n) is 2.98. The number of aliphatic hydroxyl groups excluding tert-OH is 1. The number of aliphatic hydroxyl groups is 2. The van der Waals surface area contributed by atoms with Crippen LogP contribution in [0, 0.1) is 0 Å². The van der Waals surface area contributed by atoms with Crippen molar-refractivity contribution in [2.24, 2.45) is 5.73 Å². The van der Waals surface area contributed by atoms with E-state index >= 15 is 0 Å². The van der Waals surface area contributed by atoms with Crippen molar-refractivity contribution in [2.75, 3.05) is 6.61 Å². The lowest BCUT2D eigenvalue weighted by Crippen LogP contribution is -2.40. The number of rotatable bonds is 3. The number of nitrogens with two attached hydrogens (primary N) is 1. The van der Waals surface area contributed by atoms with Gasteiger partial charge in [-0.3, -0.25) is 10.5 Å². The summed E-state index contributed by atoms with van der Waals surface area (Å²) in [5.74, 6) is -0.269. The van der Waals surface area contributed by atoms with Gasteiger partial charge in [0.15, 0.2) is 5.72 Å². The molecule has 1 rings (SSSR count). The SMILES string of the molecule is NC(O)(CO)c1cc(C=O)ccc1O. The highest BCUT2D eigenvalue weighted by Crippen LogP contribution is 2.25. The largest absolute Gasteiger partial charge is 0.508 e. The number of aromatic hydroxyl groups is 1. The highest BCUT2D eigenvalue weighted by molar-refractivity contribution is 5.75. The van der Waals surface area contributed by atoms with Crippen molar-refractivity contribution < 1.29 is 20.1 Å². The van der Waals surface area contributed by atoms with Crippen LogP contribution in [0.25, 0.3) is 0 Å². The van der Waals surface area contributed by atoms with E-state index in [1.807, 2.05) is 0 Å². The number of carbonyl (C=O) groups is 1. The smallest absolute Gasteiger partial charge is 0.166 e. The molecule has 0 aliphatic rings. The highest BCUT2D eigenvalue weighted by atomic mass is 16.3. The first-order chi connectivity index (χ1) is 6.51. The number of phenols is 1. The summed E-state index contributed by atoms with van der Waals surface area (Å²) in [6.07, 6.45) is 0.552. The van der Waals surface area contributed by atoms with Gasteiger partial charge in [0.25, 0.3) is 0 Å². The van der Waals surface area contributed by atoms with Gasteiger partial charge in [-0.25, -0.2) is 0 Å². The average molecular weight is 197 g/mol. The molecule has 76 valence electrons. The molecule has 0 radical (unpaired) electrons. The molecule has 0 saturated heterocycles. The Morgan fingerprint density at radius 3 is 2.64 bits per heavy atom. The Labute approximate surface area is 80.4 Å². The fourth-order valence-electron chi connectivity index (χ4n) is 1.06. The Kier molecular flexibility index (Phi) is 2.85. The van der Waals surface area contributed by atoms with Gasteiger partial charge in [-0.1, -0.05) is 0 Å². The summed E-state index contributed by atoms with van der Waals surface area (Å²) in [5, 5.41) is 27.5. The first kappa shape index (κ1) is 10.6. The number of aldehydes is 1.